The van der Waals surface area contributed by atoms with Crippen LogP contribution in [0.5, 0.6) is 5.75 Å². The van der Waals surface area contributed by atoms with E-state index in [-0.39, 0.29) is 35.9 Å². The van der Waals surface area contributed by atoms with Gasteiger partial charge in [-0.3, -0.25) is 14.5 Å². The van der Waals surface area contributed by atoms with Gasteiger partial charge in [0, 0.05) is 44.1 Å². The Morgan fingerprint density at radius 2 is 1.80 bits per heavy atom. The van der Waals surface area contributed by atoms with E-state index < -0.39 is 12.0 Å². The van der Waals surface area contributed by atoms with Crippen LogP contribution in [0.25, 0.3) is 0 Å². The van der Waals surface area contributed by atoms with Crippen molar-refractivity contribution in [1.29, 1.82) is 0 Å². The van der Waals surface area contributed by atoms with Crippen LogP contribution < -0.4 is 4.74 Å². The molecule has 2 atom stereocenters. The zero-order valence-electron chi connectivity index (χ0n) is 20.1. The predicted octanol–water partition coefficient (Wildman–Crippen LogP) is 4.13. The first-order valence-corrected chi connectivity index (χ1v) is 11.7. The van der Waals surface area contributed by atoms with Crippen molar-refractivity contribution in [3.05, 3.63) is 52.6 Å². The number of halogens is 3. The SMILES string of the molecule is CC(=O)COc1ccc([C@H]2CCC[C@H]3CN(C(=O)c4cnc(C(F)(F)F)nc4)CCN32)c(C)c1C. The number of nitrogens with zero attached hydrogens (tertiary/aromatic N) is 4. The minimum atomic E-state index is -4.64. The summed E-state index contributed by atoms with van der Waals surface area (Å²) in [5.41, 5.74) is 3.43. The predicted molar refractivity (Wildman–Crippen MR) is 122 cm³/mol. The van der Waals surface area contributed by atoms with Gasteiger partial charge in [-0.2, -0.15) is 13.2 Å². The Morgan fingerprint density at radius 1 is 1.09 bits per heavy atom. The first-order valence-electron chi connectivity index (χ1n) is 11.7. The summed E-state index contributed by atoms with van der Waals surface area (Å²) in [6.07, 6.45) is 0.232. The summed E-state index contributed by atoms with van der Waals surface area (Å²) in [5, 5.41) is 0. The van der Waals surface area contributed by atoms with E-state index in [4.69, 9.17) is 4.74 Å². The molecule has 7 nitrogen and oxygen atoms in total. The normalized spacial score (nSPS) is 20.9. The van der Waals surface area contributed by atoms with Gasteiger partial charge in [0.15, 0.2) is 5.78 Å². The van der Waals surface area contributed by atoms with Crippen molar-refractivity contribution in [1.82, 2.24) is 19.8 Å². The molecular formula is C25H29F3N4O3. The molecule has 0 spiro atoms. The Morgan fingerprint density at radius 3 is 2.46 bits per heavy atom. The number of carbonyl (C=O) groups excluding carboxylic acids is 2. The molecule has 1 amide bonds. The Balaban J connectivity index is 1.47. The first-order chi connectivity index (χ1) is 16.6. The quantitative estimate of drug-likeness (QED) is 0.628. The average molecular weight is 491 g/mol. The highest BCUT2D eigenvalue weighted by Gasteiger charge is 2.38. The van der Waals surface area contributed by atoms with Crippen LogP contribution in [0.4, 0.5) is 13.2 Å². The molecule has 2 aliphatic heterocycles. The number of aromatic nitrogens is 2. The third-order valence-corrected chi connectivity index (χ3v) is 6.95. The minimum absolute atomic E-state index is 0.0310. The molecule has 10 heteroatoms. The third-order valence-electron chi connectivity index (χ3n) is 6.95. The van der Waals surface area contributed by atoms with Crippen LogP contribution in [0, 0.1) is 13.8 Å². The van der Waals surface area contributed by atoms with Crippen LogP contribution in [0.15, 0.2) is 24.5 Å². The number of Topliss-reactive ketones (excluding diaryl/α,β-unsaturated/α-hetero) is 1. The summed E-state index contributed by atoms with van der Waals surface area (Å²) in [5.74, 6) is -0.920. The van der Waals surface area contributed by atoms with Crippen molar-refractivity contribution in [3.63, 3.8) is 0 Å². The molecule has 2 saturated heterocycles. The van der Waals surface area contributed by atoms with Crippen LogP contribution in [0.2, 0.25) is 0 Å². The largest absolute Gasteiger partial charge is 0.486 e. The lowest BCUT2D eigenvalue weighted by atomic mass is 9.86. The molecule has 0 N–H and O–H groups in total. The minimum Gasteiger partial charge on any atom is -0.486 e. The lowest BCUT2D eigenvalue weighted by molar-refractivity contribution is -0.145. The highest BCUT2D eigenvalue weighted by atomic mass is 19.4. The van der Waals surface area contributed by atoms with E-state index in [2.05, 4.69) is 27.9 Å². The molecular weight excluding hydrogens is 461 g/mol. The summed E-state index contributed by atoms with van der Waals surface area (Å²) < 4.78 is 43.9. The summed E-state index contributed by atoms with van der Waals surface area (Å²) in [6.45, 7) is 7.26. The second-order valence-electron chi connectivity index (χ2n) is 9.28. The molecule has 0 aliphatic carbocycles. The lowest BCUT2D eigenvalue weighted by Crippen LogP contribution is -2.57. The van der Waals surface area contributed by atoms with Gasteiger partial charge in [0.05, 0.1) is 5.56 Å². The molecule has 3 heterocycles. The Hall–Kier alpha value is -3.01. The maximum Gasteiger partial charge on any atom is 0.451 e. The maximum atomic E-state index is 12.9. The number of rotatable bonds is 5. The van der Waals surface area contributed by atoms with Crippen molar-refractivity contribution in [2.24, 2.45) is 0 Å². The molecule has 4 rings (SSSR count). The number of carbonyl (C=O) groups is 2. The molecule has 2 fully saturated rings. The fraction of sp³-hybridized carbons (Fsp3) is 0.520. The van der Waals surface area contributed by atoms with Gasteiger partial charge in [-0.1, -0.05) is 6.07 Å². The number of alkyl halides is 3. The Bertz CT molecular complexity index is 1100. The van der Waals surface area contributed by atoms with E-state index >= 15 is 0 Å². The van der Waals surface area contributed by atoms with Crippen LogP contribution >= 0.6 is 0 Å². The van der Waals surface area contributed by atoms with E-state index in [0.717, 1.165) is 42.8 Å². The number of piperidine rings is 1. The number of piperazine rings is 1. The molecule has 1 aromatic carbocycles. The molecule has 0 unspecified atom stereocenters. The molecule has 188 valence electrons. The van der Waals surface area contributed by atoms with Gasteiger partial charge < -0.3 is 9.64 Å². The van der Waals surface area contributed by atoms with Crippen molar-refractivity contribution in [2.45, 2.75) is 58.3 Å². The molecule has 2 aliphatic rings. The number of benzene rings is 1. The Kier molecular flexibility index (Phi) is 7.12. The van der Waals surface area contributed by atoms with Crippen LogP contribution in [-0.4, -0.2) is 63.7 Å². The van der Waals surface area contributed by atoms with Gasteiger partial charge in [0.1, 0.15) is 12.4 Å². The highest BCUT2D eigenvalue weighted by Crippen LogP contribution is 2.39. The number of ether oxygens (including phenoxy) is 1. The molecule has 2 aromatic rings. The van der Waals surface area contributed by atoms with Crippen LogP contribution in [-0.2, 0) is 11.0 Å². The zero-order chi connectivity index (χ0) is 25.3. The van der Waals surface area contributed by atoms with E-state index in [9.17, 15) is 22.8 Å². The summed E-state index contributed by atoms with van der Waals surface area (Å²) in [7, 11) is 0. The van der Waals surface area contributed by atoms with Gasteiger partial charge >= 0.3 is 6.18 Å². The van der Waals surface area contributed by atoms with Crippen molar-refractivity contribution < 1.29 is 27.5 Å². The molecule has 1 aromatic heterocycles. The molecule has 0 saturated carbocycles. The summed E-state index contributed by atoms with van der Waals surface area (Å²) >= 11 is 0. The number of amides is 1. The van der Waals surface area contributed by atoms with E-state index in [1.165, 1.54) is 12.5 Å². The van der Waals surface area contributed by atoms with Crippen LogP contribution in [0.3, 0.4) is 0 Å². The van der Waals surface area contributed by atoms with Gasteiger partial charge in [0.2, 0.25) is 5.82 Å². The summed E-state index contributed by atoms with van der Waals surface area (Å²) in [6, 6.07) is 4.37. The fourth-order valence-electron chi connectivity index (χ4n) is 5.05. The monoisotopic (exact) mass is 490 g/mol. The molecule has 0 radical (unpaired) electrons. The van der Waals surface area contributed by atoms with Crippen molar-refractivity contribution >= 4 is 11.7 Å². The average Bonchev–Trinajstić information content (AvgIpc) is 2.83. The second kappa shape index (κ2) is 9.93. The van der Waals surface area contributed by atoms with E-state index in [1.54, 1.807) is 4.90 Å². The highest BCUT2D eigenvalue weighted by molar-refractivity contribution is 5.93. The van der Waals surface area contributed by atoms with Gasteiger partial charge in [0.25, 0.3) is 5.91 Å². The molecule has 35 heavy (non-hydrogen) atoms. The second-order valence-corrected chi connectivity index (χ2v) is 9.28. The van der Waals surface area contributed by atoms with E-state index in [1.807, 2.05) is 13.0 Å². The Labute approximate surface area is 202 Å². The molecule has 0 bridgehead atoms. The van der Waals surface area contributed by atoms with Gasteiger partial charge in [-0.25, -0.2) is 9.97 Å². The smallest absolute Gasteiger partial charge is 0.451 e. The number of hydrogen-bond acceptors (Lipinski definition) is 6. The van der Waals surface area contributed by atoms with Gasteiger partial charge in [-0.05, 0) is 62.8 Å². The third kappa shape index (κ3) is 5.32. The fourth-order valence-corrected chi connectivity index (χ4v) is 5.05. The van der Waals surface area contributed by atoms with Crippen molar-refractivity contribution in [2.75, 3.05) is 26.2 Å². The van der Waals surface area contributed by atoms with E-state index in [0.29, 0.717) is 25.4 Å². The van der Waals surface area contributed by atoms with Gasteiger partial charge in [-0.15, -0.1) is 0 Å². The summed E-state index contributed by atoms with van der Waals surface area (Å²) in [4.78, 5) is 35.0. The van der Waals surface area contributed by atoms with Crippen LogP contribution in [0.1, 0.15) is 65.1 Å². The number of fused-ring (bicyclic) bond motifs is 1. The first kappa shape index (κ1) is 25.1. The van der Waals surface area contributed by atoms with Crippen molar-refractivity contribution in [3.8, 4) is 5.75 Å². The lowest BCUT2D eigenvalue weighted by Gasteiger charge is -2.48. The maximum absolute atomic E-state index is 12.9. The standard InChI is InChI=1S/C25H29F3N4O3/c1-15(33)14-35-22-8-7-20(16(2)17(22)3)21-6-4-5-19-13-31(9-10-32(19)21)23(34)18-11-29-24(30-12-18)25(26,27)28/h7-8,11-12,19,21H,4-6,9-10,13-14H2,1-3H3/t19-,21+/m0/s1. The number of ketones is 1. The zero-order valence-corrected chi connectivity index (χ0v) is 20.1. The topological polar surface area (TPSA) is 75.6 Å². The number of hydrogen-bond donors (Lipinski definition) is 0.